The van der Waals surface area contributed by atoms with Gasteiger partial charge < -0.3 is 9.64 Å². The lowest BCUT2D eigenvalue weighted by Crippen LogP contribution is -2.39. The first-order valence-electron chi connectivity index (χ1n) is 7.60. The van der Waals surface area contributed by atoms with Crippen molar-refractivity contribution < 1.29 is 27.5 Å². The summed E-state index contributed by atoms with van der Waals surface area (Å²) in [6.07, 6.45) is -4.45. The second-order valence-electron chi connectivity index (χ2n) is 6.10. The van der Waals surface area contributed by atoms with Gasteiger partial charge in [-0.1, -0.05) is 20.8 Å². The molecule has 0 aliphatic heterocycles. The van der Waals surface area contributed by atoms with Crippen molar-refractivity contribution in [1.82, 2.24) is 4.90 Å². The smallest absolute Gasteiger partial charge is 0.416 e. The average Bonchev–Trinajstić information content (AvgIpc) is 2.51. The van der Waals surface area contributed by atoms with Crippen molar-refractivity contribution in [2.45, 2.75) is 26.9 Å². The minimum atomic E-state index is -4.45. The number of carbonyl (C=O) groups excluding carboxylic acids is 2. The number of esters is 1. The Bertz CT molecular complexity index is 567. The molecular weight excluding hydrogens is 323 g/mol. The molecule has 1 aromatic carbocycles. The Morgan fingerprint density at radius 2 is 1.62 bits per heavy atom. The molecular formula is C17H22F3NO3. The summed E-state index contributed by atoms with van der Waals surface area (Å²) < 4.78 is 42.5. The SMILES string of the molecule is COC(=O)C(C)CN(CC(C)C)C(=O)c1ccc(C(F)(F)F)cc1. The number of amides is 1. The van der Waals surface area contributed by atoms with Gasteiger partial charge in [-0.25, -0.2) is 0 Å². The Kier molecular flexibility index (Phi) is 6.81. The van der Waals surface area contributed by atoms with Crippen molar-refractivity contribution in [2.75, 3.05) is 20.2 Å². The Morgan fingerprint density at radius 1 is 1.08 bits per heavy atom. The third-order valence-corrected chi connectivity index (χ3v) is 3.43. The number of methoxy groups -OCH3 is 1. The molecule has 134 valence electrons. The molecule has 0 saturated carbocycles. The summed E-state index contributed by atoms with van der Waals surface area (Å²) in [6.45, 7) is 6.00. The number of rotatable bonds is 6. The number of alkyl halides is 3. The van der Waals surface area contributed by atoms with E-state index in [1.807, 2.05) is 13.8 Å². The Morgan fingerprint density at radius 3 is 2.04 bits per heavy atom. The van der Waals surface area contributed by atoms with Crippen molar-refractivity contribution in [3.05, 3.63) is 35.4 Å². The van der Waals surface area contributed by atoms with Crippen LogP contribution in [0.1, 0.15) is 36.7 Å². The molecule has 0 saturated heterocycles. The van der Waals surface area contributed by atoms with E-state index in [4.69, 9.17) is 0 Å². The standard InChI is InChI=1S/C17H22F3NO3/c1-11(2)9-21(10-12(3)16(23)24-4)15(22)13-5-7-14(8-6-13)17(18,19)20/h5-8,11-12H,9-10H2,1-4H3. The normalized spacial score (nSPS) is 12.8. The van der Waals surface area contributed by atoms with Gasteiger partial charge in [0.1, 0.15) is 0 Å². The molecule has 0 radical (unpaired) electrons. The van der Waals surface area contributed by atoms with Crippen LogP contribution >= 0.6 is 0 Å². The lowest BCUT2D eigenvalue weighted by Gasteiger charge is -2.27. The van der Waals surface area contributed by atoms with Crippen molar-refractivity contribution in [2.24, 2.45) is 11.8 Å². The molecule has 0 bridgehead atoms. The van der Waals surface area contributed by atoms with Crippen LogP contribution in [0.3, 0.4) is 0 Å². The highest BCUT2D eigenvalue weighted by molar-refractivity contribution is 5.94. The number of ether oxygens (including phenoxy) is 1. The average molecular weight is 345 g/mol. The molecule has 0 fully saturated rings. The number of hydrogen-bond acceptors (Lipinski definition) is 3. The maximum absolute atomic E-state index is 12.6. The van der Waals surface area contributed by atoms with Crippen LogP contribution in [-0.2, 0) is 15.7 Å². The Hall–Kier alpha value is -2.05. The van der Waals surface area contributed by atoms with Gasteiger partial charge in [-0.2, -0.15) is 13.2 Å². The molecule has 0 aromatic heterocycles. The molecule has 7 heteroatoms. The van der Waals surface area contributed by atoms with Crippen LogP contribution in [0, 0.1) is 11.8 Å². The lowest BCUT2D eigenvalue weighted by atomic mass is 10.1. The van der Waals surface area contributed by atoms with Crippen LogP contribution in [0.4, 0.5) is 13.2 Å². The number of benzene rings is 1. The third kappa shape index (κ3) is 5.54. The fourth-order valence-corrected chi connectivity index (χ4v) is 2.27. The predicted molar refractivity (Wildman–Crippen MR) is 83.4 cm³/mol. The zero-order valence-corrected chi connectivity index (χ0v) is 14.2. The highest BCUT2D eigenvalue weighted by atomic mass is 19.4. The van der Waals surface area contributed by atoms with Gasteiger partial charge in [0.05, 0.1) is 18.6 Å². The summed E-state index contributed by atoms with van der Waals surface area (Å²) in [6, 6.07) is 4.07. The van der Waals surface area contributed by atoms with Crippen molar-refractivity contribution in [3.8, 4) is 0 Å². The van der Waals surface area contributed by atoms with Crippen LogP contribution in [0.15, 0.2) is 24.3 Å². The summed E-state index contributed by atoms with van der Waals surface area (Å²) >= 11 is 0. The highest BCUT2D eigenvalue weighted by Crippen LogP contribution is 2.29. The number of hydrogen-bond donors (Lipinski definition) is 0. The van der Waals surface area contributed by atoms with Gasteiger partial charge in [0, 0.05) is 18.7 Å². The molecule has 0 heterocycles. The predicted octanol–water partition coefficient (Wildman–Crippen LogP) is 3.61. The zero-order chi connectivity index (χ0) is 18.5. The molecule has 24 heavy (non-hydrogen) atoms. The minimum absolute atomic E-state index is 0.144. The first-order chi connectivity index (χ1) is 11.1. The molecule has 1 unspecified atom stereocenters. The van der Waals surface area contributed by atoms with E-state index in [0.717, 1.165) is 24.3 Å². The maximum atomic E-state index is 12.6. The first-order valence-corrected chi connectivity index (χ1v) is 7.60. The molecule has 1 amide bonds. The number of nitrogens with zero attached hydrogens (tertiary/aromatic N) is 1. The molecule has 1 atom stereocenters. The van der Waals surface area contributed by atoms with Gasteiger partial charge in [0.15, 0.2) is 0 Å². The second kappa shape index (κ2) is 8.17. The molecule has 0 aliphatic carbocycles. The molecule has 4 nitrogen and oxygen atoms in total. The fourth-order valence-electron chi connectivity index (χ4n) is 2.27. The van der Waals surface area contributed by atoms with Crippen molar-refractivity contribution >= 4 is 11.9 Å². The van der Waals surface area contributed by atoms with E-state index in [0.29, 0.717) is 6.54 Å². The van der Waals surface area contributed by atoms with Crippen molar-refractivity contribution in [1.29, 1.82) is 0 Å². The van der Waals surface area contributed by atoms with Gasteiger partial charge in [-0.05, 0) is 30.2 Å². The van der Waals surface area contributed by atoms with Gasteiger partial charge >= 0.3 is 12.1 Å². The maximum Gasteiger partial charge on any atom is 0.416 e. The number of halogens is 3. The summed E-state index contributed by atoms with van der Waals surface area (Å²) in [5, 5.41) is 0. The molecule has 0 spiro atoms. The number of carbonyl (C=O) groups is 2. The monoisotopic (exact) mass is 345 g/mol. The van der Waals surface area contributed by atoms with E-state index in [1.54, 1.807) is 6.92 Å². The van der Waals surface area contributed by atoms with Crippen molar-refractivity contribution in [3.63, 3.8) is 0 Å². The largest absolute Gasteiger partial charge is 0.469 e. The summed E-state index contributed by atoms with van der Waals surface area (Å²) in [5.41, 5.74) is -0.655. The van der Waals surface area contributed by atoms with E-state index in [9.17, 15) is 22.8 Å². The van der Waals surface area contributed by atoms with E-state index < -0.39 is 29.5 Å². The molecule has 1 aromatic rings. The topological polar surface area (TPSA) is 46.6 Å². The minimum Gasteiger partial charge on any atom is -0.469 e. The fraction of sp³-hybridized carbons (Fsp3) is 0.529. The Balaban J connectivity index is 2.97. The van der Waals surface area contributed by atoms with Gasteiger partial charge in [-0.3, -0.25) is 9.59 Å². The van der Waals surface area contributed by atoms with E-state index in [1.165, 1.54) is 12.0 Å². The van der Waals surface area contributed by atoms with Crippen LogP contribution < -0.4 is 0 Å². The van der Waals surface area contributed by atoms with Crippen LogP contribution in [0.25, 0.3) is 0 Å². The van der Waals surface area contributed by atoms with E-state index in [2.05, 4.69) is 4.74 Å². The van der Waals surface area contributed by atoms with Gasteiger partial charge in [0.2, 0.25) is 0 Å². The van der Waals surface area contributed by atoms with E-state index >= 15 is 0 Å². The van der Waals surface area contributed by atoms with E-state index in [-0.39, 0.29) is 18.0 Å². The lowest BCUT2D eigenvalue weighted by molar-refractivity contribution is -0.145. The first kappa shape index (κ1) is 20.0. The quantitative estimate of drug-likeness (QED) is 0.740. The molecule has 0 N–H and O–H groups in total. The van der Waals surface area contributed by atoms with Crippen LogP contribution in [-0.4, -0.2) is 37.0 Å². The summed E-state index contributed by atoms with van der Waals surface area (Å²) in [5.74, 6) is -1.22. The second-order valence-corrected chi connectivity index (χ2v) is 6.10. The highest BCUT2D eigenvalue weighted by Gasteiger charge is 2.30. The van der Waals surface area contributed by atoms with Gasteiger partial charge in [0.25, 0.3) is 5.91 Å². The molecule has 0 aliphatic rings. The summed E-state index contributed by atoms with van der Waals surface area (Å²) in [7, 11) is 1.27. The van der Waals surface area contributed by atoms with Crippen LogP contribution in [0.5, 0.6) is 0 Å². The van der Waals surface area contributed by atoms with Gasteiger partial charge in [-0.15, -0.1) is 0 Å². The summed E-state index contributed by atoms with van der Waals surface area (Å²) in [4.78, 5) is 25.6. The zero-order valence-electron chi connectivity index (χ0n) is 14.2. The van der Waals surface area contributed by atoms with Crippen LogP contribution in [0.2, 0.25) is 0 Å². The molecule has 1 rings (SSSR count). The third-order valence-electron chi connectivity index (χ3n) is 3.43. The Labute approximate surface area is 139 Å².